The molecule has 0 spiro atoms. The fourth-order valence-electron chi connectivity index (χ4n) is 3.66. The molecule has 2 saturated heterocycles. The molecule has 4 rings (SSSR count). The molecule has 2 aromatic rings. The smallest absolute Gasteiger partial charge is 0.269 e. The normalized spacial score (nSPS) is 16.1. The summed E-state index contributed by atoms with van der Waals surface area (Å²) < 4.78 is 12.1. The second-order valence-corrected chi connectivity index (χ2v) is 8.07. The summed E-state index contributed by atoms with van der Waals surface area (Å²) in [7, 11) is 0. The number of halogens is 1. The van der Waals surface area contributed by atoms with Gasteiger partial charge in [-0.25, -0.2) is 4.39 Å². The fourth-order valence-corrected chi connectivity index (χ4v) is 3.66. The number of nitrogens with zero attached hydrogens (tertiary/aromatic N) is 3. The first kappa shape index (κ1) is 26.2. The van der Waals surface area contributed by atoms with E-state index in [0.29, 0.717) is 0 Å². The number of nitro benzene ring substituents is 2. The highest BCUT2D eigenvalue weighted by atomic mass is 19.1. The molecule has 2 aromatic carbocycles. The number of rotatable bonds is 3. The van der Waals surface area contributed by atoms with E-state index in [9.17, 15) is 24.6 Å². The van der Waals surface area contributed by atoms with E-state index in [1.54, 1.807) is 12.1 Å². The molecule has 0 unspecified atom stereocenters. The molecule has 2 aliphatic heterocycles. The molecule has 2 heterocycles. The second-order valence-electron chi connectivity index (χ2n) is 8.07. The molecule has 0 aromatic heterocycles. The predicted octanol–water partition coefficient (Wildman–Crippen LogP) is 5.86. The minimum atomic E-state index is -0.570. The summed E-state index contributed by atoms with van der Waals surface area (Å²) >= 11 is 0. The molecule has 0 bridgehead atoms. The third-order valence-electron chi connectivity index (χ3n) is 5.53. The van der Waals surface area contributed by atoms with Gasteiger partial charge in [0.05, 0.1) is 9.85 Å². The lowest BCUT2D eigenvalue weighted by Gasteiger charge is -2.22. The molecule has 0 aliphatic carbocycles. The zero-order chi connectivity index (χ0) is 23.9. The highest BCUT2D eigenvalue weighted by Gasteiger charge is 2.11. The molecule has 0 radical (unpaired) electrons. The molecular formula is C24H33FN4O4. The molecule has 0 amide bonds. The SMILES string of the molecule is C1CCCNCC1.O=[N+]([O-])c1ccc(F)cc1.O=[N+]([O-])c1ccc(N2CCCCCC2)cc1. The first-order valence-electron chi connectivity index (χ1n) is 11.6. The van der Waals surface area contributed by atoms with E-state index in [2.05, 4.69) is 10.2 Å². The molecule has 2 fully saturated rings. The third kappa shape index (κ3) is 10.4. The Bertz CT molecular complexity index is 819. The molecule has 8 nitrogen and oxygen atoms in total. The quantitative estimate of drug-likeness (QED) is 0.455. The van der Waals surface area contributed by atoms with Crippen molar-refractivity contribution in [3.05, 3.63) is 74.6 Å². The van der Waals surface area contributed by atoms with Gasteiger partial charge in [0.25, 0.3) is 11.4 Å². The summed E-state index contributed by atoms with van der Waals surface area (Å²) in [5, 5.41) is 23.9. The van der Waals surface area contributed by atoms with Crippen molar-refractivity contribution >= 4 is 17.1 Å². The van der Waals surface area contributed by atoms with Crippen LogP contribution in [0.15, 0.2) is 48.5 Å². The van der Waals surface area contributed by atoms with E-state index in [-0.39, 0.29) is 16.3 Å². The van der Waals surface area contributed by atoms with E-state index in [1.807, 2.05) is 12.1 Å². The Kier molecular flexibility index (Phi) is 11.8. The van der Waals surface area contributed by atoms with Crippen LogP contribution >= 0.6 is 0 Å². The summed E-state index contributed by atoms with van der Waals surface area (Å²) in [6.07, 6.45) is 10.7. The van der Waals surface area contributed by atoms with Gasteiger partial charge >= 0.3 is 0 Å². The first-order chi connectivity index (χ1) is 16.0. The van der Waals surface area contributed by atoms with Crippen molar-refractivity contribution in [2.24, 2.45) is 0 Å². The average molecular weight is 461 g/mol. The van der Waals surface area contributed by atoms with E-state index < -0.39 is 10.7 Å². The van der Waals surface area contributed by atoms with E-state index in [4.69, 9.17) is 0 Å². The van der Waals surface area contributed by atoms with Crippen LogP contribution in [-0.4, -0.2) is 36.0 Å². The number of nitrogens with one attached hydrogen (secondary N) is 1. The number of hydrogen-bond donors (Lipinski definition) is 1. The van der Waals surface area contributed by atoms with Crippen molar-refractivity contribution in [1.82, 2.24) is 5.32 Å². The van der Waals surface area contributed by atoms with Gasteiger partial charge in [0, 0.05) is 43.0 Å². The summed E-state index contributed by atoms with van der Waals surface area (Å²) in [6.45, 7) is 4.63. The van der Waals surface area contributed by atoms with Crippen LogP contribution in [-0.2, 0) is 0 Å². The number of nitro groups is 2. The van der Waals surface area contributed by atoms with Crippen molar-refractivity contribution < 1.29 is 14.2 Å². The van der Waals surface area contributed by atoms with Crippen molar-refractivity contribution in [1.29, 1.82) is 0 Å². The van der Waals surface area contributed by atoms with Crippen molar-refractivity contribution in [2.45, 2.75) is 51.4 Å². The van der Waals surface area contributed by atoms with Crippen LogP contribution in [0.25, 0.3) is 0 Å². The van der Waals surface area contributed by atoms with Crippen LogP contribution in [0.2, 0.25) is 0 Å². The third-order valence-corrected chi connectivity index (χ3v) is 5.53. The Morgan fingerprint density at radius 1 is 0.667 bits per heavy atom. The summed E-state index contributed by atoms with van der Waals surface area (Å²) in [6, 6.07) is 11.2. The predicted molar refractivity (Wildman–Crippen MR) is 128 cm³/mol. The summed E-state index contributed by atoms with van der Waals surface area (Å²) in [5.41, 5.74) is 1.17. The lowest BCUT2D eigenvalue weighted by molar-refractivity contribution is -0.385. The van der Waals surface area contributed by atoms with Gasteiger partial charge in [0.1, 0.15) is 5.82 Å². The standard InChI is InChI=1S/C12H16N2O2.C6H4FNO2.C6H13N/c15-14(16)12-7-5-11(6-8-12)13-9-3-1-2-4-10-13;7-5-1-3-6(4-2-5)8(9)10;1-2-4-6-7-5-3-1/h5-8H,1-4,9-10H2;1-4H;7H,1-6H2. The number of non-ortho nitro benzene ring substituents is 2. The minimum absolute atomic E-state index is 0.0959. The summed E-state index contributed by atoms with van der Waals surface area (Å²) in [4.78, 5) is 21.9. The Balaban J connectivity index is 0.000000193. The van der Waals surface area contributed by atoms with Crippen molar-refractivity contribution in [3.8, 4) is 0 Å². The van der Waals surface area contributed by atoms with Crippen LogP contribution < -0.4 is 10.2 Å². The van der Waals surface area contributed by atoms with Crippen LogP contribution in [0.3, 0.4) is 0 Å². The van der Waals surface area contributed by atoms with Gasteiger partial charge in [-0.05, 0) is 63.0 Å². The van der Waals surface area contributed by atoms with Crippen LogP contribution in [0.4, 0.5) is 21.5 Å². The van der Waals surface area contributed by atoms with Gasteiger partial charge in [-0.3, -0.25) is 20.2 Å². The topological polar surface area (TPSA) is 102 Å². The number of hydrogen-bond acceptors (Lipinski definition) is 6. The highest BCUT2D eigenvalue weighted by molar-refractivity contribution is 5.50. The lowest BCUT2D eigenvalue weighted by atomic mass is 10.2. The lowest BCUT2D eigenvalue weighted by Crippen LogP contribution is -2.23. The maximum Gasteiger partial charge on any atom is 0.269 e. The van der Waals surface area contributed by atoms with Gasteiger partial charge < -0.3 is 10.2 Å². The van der Waals surface area contributed by atoms with Gasteiger partial charge in [-0.1, -0.05) is 25.7 Å². The van der Waals surface area contributed by atoms with E-state index >= 15 is 0 Å². The Labute approximate surface area is 194 Å². The van der Waals surface area contributed by atoms with Gasteiger partial charge in [-0.15, -0.1) is 0 Å². The van der Waals surface area contributed by atoms with Gasteiger partial charge in [0.2, 0.25) is 0 Å². The monoisotopic (exact) mass is 460 g/mol. The highest BCUT2D eigenvalue weighted by Crippen LogP contribution is 2.22. The second kappa shape index (κ2) is 14.9. The zero-order valence-corrected chi connectivity index (χ0v) is 19.0. The molecular weight excluding hydrogens is 427 g/mol. The number of anilines is 1. The molecule has 0 saturated carbocycles. The minimum Gasteiger partial charge on any atom is -0.372 e. The first-order valence-corrected chi connectivity index (χ1v) is 11.6. The van der Waals surface area contributed by atoms with Crippen molar-refractivity contribution in [2.75, 3.05) is 31.1 Å². The largest absolute Gasteiger partial charge is 0.372 e. The molecule has 33 heavy (non-hydrogen) atoms. The Hall–Kier alpha value is -3.07. The fraction of sp³-hybridized carbons (Fsp3) is 0.500. The number of benzene rings is 2. The Morgan fingerprint density at radius 3 is 1.55 bits per heavy atom. The van der Waals surface area contributed by atoms with Crippen molar-refractivity contribution in [3.63, 3.8) is 0 Å². The average Bonchev–Trinajstić information content (AvgIpc) is 3.28. The maximum atomic E-state index is 12.1. The molecule has 0 atom stereocenters. The van der Waals surface area contributed by atoms with Crippen LogP contribution in [0.1, 0.15) is 51.4 Å². The maximum absolute atomic E-state index is 12.1. The van der Waals surface area contributed by atoms with E-state index in [0.717, 1.165) is 43.0 Å². The van der Waals surface area contributed by atoms with Gasteiger partial charge in [0.15, 0.2) is 0 Å². The van der Waals surface area contributed by atoms with Crippen LogP contribution in [0, 0.1) is 26.0 Å². The molecule has 1 N–H and O–H groups in total. The molecule has 9 heteroatoms. The van der Waals surface area contributed by atoms with Crippen LogP contribution in [0.5, 0.6) is 0 Å². The van der Waals surface area contributed by atoms with Gasteiger partial charge in [-0.2, -0.15) is 0 Å². The Morgan fingerprint density at radius 2 is 1.09 bits per heavy atom. The molecule has 2 aliphatic rings. The zero-order valence-electron chi connectivity index (χ0n) is 19.0. The molecule has 180 valence electrons. The summed E-state index contributed by atoms with van der Waals surface area (Å²) in [5.74, 6) is -0.467. The van der Waals surface area contributed by atoms with E-state index in [1.165, 1.54) is 64.5 Å².